The van der Waals surface area contributed by atoms with Crippen molar-refractivity contribution in [3.63, 3.8) is 0 Å². The number of rotatable bonds is 4. The van der Waals surface area contributed by atoms with Crippen LogP contribution in [0.15, 0.2) is 29.2 Å². The number of nitrogens with zero attached hydrogens (tertiary/aromatic N) is 1. The van der Waals surface area contributed by atoms with E-state index in [0.29, 0.717) is 6.42 Å². The molecule has 1 aromatic rings. The first kappa shape index (κ1) is 14.4. The van der Waals surface area contributed by atoms with Crippen molar-refractivity contribution < 1.29 is 4.79 Å². The van der Waals surface area contributed by atoms with Crippen LogP contribution in [0.4, 0.5) is 0 Å². The minimum Gasteiger partial charge on any atom is -0.342 e. The lowest BCUT2D eigenvalue weighted by atomic mass is 9.92. The third-order valence-electron chi connectivity index (χ3n) is 3.96. The molecular formula is C16H23NOS. The average molecular weight is 277 g/mol. The highest BCUT2D eigenvalue weighted by Gasteiger charge is 2.22. The topological polar surface area (TPSA) is 20.3 Å². The summed E-state index contributed by atoms with van der Waals surface area (Å²) in [4.78, 5) is 15.2. The van der Waals surface area contributed by atoms with Gasteiger partial charge in [0.15, 0.2) is 0 Å². The zero-order chi connectivity index (χ0) is 13.7. The van der Waals surface area contributed by atoms with E-state index in [4.69, 9.17) is 0 Å². The standard InChI is InChI=1S/C16H23NOS/c1-2-3-13-8-10-17(11-9-13)16(18)12-14-4-6-15(19)7-5-14/h4-7,13,19H,2-3,8-12H2,1H3. The third kappa shape index (κ3) is 4.27. The van der Waals surface area contributed by atoms with Crippen LogP contribution in [0, 0.1) is 5.92 Å². The van der Waals surface area contributed by atoms with Crippen molar-refractivity contribution in [1.82, 2.24) is 4.90 Å². The number of carbonyl (C=O) groups is 1. The van der Waals surface area contributed by atoms with Gasteiger partial charge in [0.25, 0.3) is 0 Å². The molecule has 0 unspecified atom stereocenters. The predicted octanol–water partition coefficient (Wildman–Crippen LogP) is 3.56. The van der Waals surface area contributed by atoms with Gasteiger partial charge in [0.05, 0.1) is 6.42 Å². The van der Waals surface area contributed by atoms with E-state index in [1.165, 1.54) is 25.7 Å². The Balaban J connectivity index is 1.83. The molecule has 2 rings (SSSR count). The van der Waals surface area contributed by atoms with Gasteiger partial charge in [-0.1, -0.05) is 31.9 Å². The van der Waals surface area contributed by atoms with E-state index in [1.54, 1.807) is 0 Å². The lowest BCUT2D eigenvalue weighted by molar-refractivity contribution is -0.131. The Morgan fingerprint density at radius 3 is 2.47 bits per heavy atom. The molecule has 1 amide bonds. The van der Waals surface area contributed by atoms with Gasteiger partial charge in [0, 0.05) is 18.0 Å². The summed E-state index contributed by atoms with van der Waals surface area (Å²) in [6.07, 6.45) is 5.44. The lowest BCUT2D eigenvalue weighted by Gasteiger charge is -2.32. The summed E-state index contributed by atoms with van der Waals surface area (Å²) in [5.41, 5.74) is 1.08. The Bertz CT molecular complexity index is 407. The van der Waals surface area contributed by atoms with E-state index in [0.717, 1.165) is 29.5 Å². The van der Waals surface area contributed by atoms with Gasteiger partial charge in [-0.25, -0.2) is 0 Å². The van der Waals surface area contributed by atoms with Gasteiger partial charge in [0.2, 0.25) is 5.91 Å². The molecule has 1 aromatic carbocycles. The highest BCUT2D eigenvalue weighted by Crippen LogP contribution is 2.22. The summed E-state index contributed by atoms with van der Waals surface area (Å²) in [5.74, 6) is 1.10. The maximum absolute atomic E-state index is 12.2. The molecule has 104 valence electrons. The SMILES string of the molecule is CCCC1CCN(C(=O)Cc2ccc(S)cc2)CC1. The van der Waals surface area contributed by atoms with Crippen molar-refractivity contribution in [2.45, 2.75) is 43.9 Å². The molecule has 1 aliphatic rings. The van der Waals surface area contributed by atoms with E-state index in [9.17, 15) is 4.79 Å². The molecule has 1 fully saturated rings. The molecular weight excluding hydrogens is 254 g/mol. The molecule has 0 saturated carbocycles. The highest BCUT2D eigenvalue weighted by atomic mass is 32.1. The van der Waals surface area contributed by atoms with Crippen molar-refractivity contribution in [3.05, 3.63) is 29.8 Å². The molecule has 1 saturated heterocycles. The van der Waals surface area contributed by atoms with Crippen LogP contribution < -0.4 is 0 Å². The van der Waals surface area contributed by atoms with Crippen LogP contribution in [-0.4, -0.2) is 23.9 Å². The van der Waals surface area contributed by atoms with Gasteiger partial charge >= 0.3 is 0 Å². The van der Waals surface area contributed by atoms with E-state index in [-0.39, 0.29) is 5.91 Å². The van der Waals surface area contributed by atoms with E-state index in [1.807, 2.05) is 29.2 Å². The molecule has 0 atom stereocenters. The van der Waals surface area contributed by atoms with Crippen molar-refractivity contribution in [2.24, 2.45) is 5.92 Å². The van der Waals surface area contributed by atoms with Gasteiger partial charge in [-0.3, -0.25) is 4.79 Å². The van der Waals surface area contributed by atoms with Gasteiger partial charge in [-0.15, -0.1) is 12.6 Å². The van der Waals surface area contributed by atoms with E-state index in [2.05, 4.69) is 19.6 Å². The van der Waals surface area contributed by atoms with Crippen LogP contribution in [0.1, 0.15) is 38.2 Å². The van der Waals surface area contributed by atoms with Crippen molar-refractivity contribution in [3.8, 4) is 0 Å². The number of benzene rings is 1. The van der Waals surface area contributed by atoms with Crippen molar-refractivity contribution in [2.75, 3.05) is 13.1 Å². The zero-order valence-electron chi connectivity index (χ0n) is 11.6. The van der Waals surface area contributed by atoms with Crippen LogP contribution in [0.3, 0.4) is 0 Å². The Morgan fingerprint density at radius 1 is 1.26 bits per heavy atom. The quantitative estimate of drug-likeness (QED) is 0.834. The first-order valence-corrected chi connectivity index (χ1v) is 7.69. The minimum absolute atomic E-state index is 0.266. The summed E-state index contributed by atoms with van der Waals surface area (Å²) in [5, 5.41) is 0. The number of thiol groups is 1. The lowest BCUT2D eigenvalue weighted by Crippen LogP contribution is -2.39. The Morgan fingerprint density at radius 2 is 1.89 bits per heavy atom. The van der Waals surface area contributed by atoms with E-state index < -0.39 is 0 Å². The fraction of sp³-hybridized carbons (Fsp3) is 0.562. The molecule has 0 aliphatic carbocycles. The molecule has 0 aromatic heterocycles. The number of likely N-dealkylation sites (tertiary alicyclic amines) is 1. The monoisotopic (exact) mass is 277 g/mol. The number of hydrogen-bond acceptors (Lipinski definition) is 2. The van der Waals surface area contributed by atoms with Gasteiger partial charge in [0.1, 0.15) is 0 Å². The maximum atomic E-state index is 12.2. The number of amides is 1. The second-order valence-electron chi connectivity index (χ2n) is 5.46. The Hall–Kier alpha value is -0.960. The molecule has 0 spiro atoms. The summed E-state index contributed by atoms with van der Waals surface area (Å²) in [6.45, 7) is 4.12. The van der Waals surface area contributed by atoms with Crippen LogP contribution in [0.25, 0.3) is 0 Å². The summed E-state index contributed by atoms with van der Waals surface area (Å²) in [7, 11) is 0. The highest BCUT2D eigenvalue weighted by molar-refractivity contribution is 7.80. The summed E-state index contributed by atoms with van der Waals surface area (Å²) >= 11 is 4.26. The van der Waals surface area contributed by atoms with Crippen LogP contribution in [0.2, 0.25) is 0 Å². The smallest absolute Gasteiger partial charge is 0.226 e. The van der Waals surface area contributed by atoms with Crippen LogP contribution in [-0.2, 0) is 11.2 Å². The Labute approximate surface area is 121 Å². The first-order valence-electron chi connectivity index (χ1n) is 7.24. The Kier molecular flexibility index (Phi) is 5.32. The first-order chi connectivity index (χ1) is 9.19. The molecule has 3 heteroatoms. The molecule has 0 N–H and O–H groups in total. The molecule has 1 aliphatic heterocycles. The second-order valence-corrected chi connectivity index (χ2v) is 5.97. The van der Waals surface area contributed by atoms with Crippen molar-refractivity contribution in [1.29, 1.82) is 0 Å². The van der Waals surface area contributed by atoms with Gasteiger partial charge < -0.3 is 4.90 Å². The molecule has 0 radical (unpaired) electrons. The second kappa shape index (κ2) is 6.99. The average Bonchev–Trinajstić information content (AvgIpc) is 2.42. The minimum atomic E-state index is 0.266. The predicted molar refractivity (Wildman–Crippen MR) is 81.6 cm³/mol. The van der Waals surface area contributed by atoms with Crippen LogP contribution >= 0.6 is 12.6 Å². The molecule has 0 bridgehead atoms. The number of piperidine rings is 1. The zero-order valence-corrected chi connectivity index (χ0v) is 12.5. The van der Waals surface area contributed by atoms with E-state index >= 15 is 0 Å². The van der Waals surface area contributed by atoms with Crippen molar-refractivity contribution >= 4 is 18.5 Å². The maximum Gasteiger partial charge on any atom is 0.226 e. The summed E-state index contributed by atoms with van der Waals surface area (Å²) in [6, 6.07) is 7.87. The fourth-order valence-electron chi connectivity index (χ4n) is 2.78. The normalized spacial score (nSPS) is 16.6. The van der Waals surface area contributed by atoms with Gasteiger partial charge in [-0.2, -0.15) is 0 Å². The number of carbonyl (C=O) groups excluding carboxylic acids is 1. The fourth-order valence-corrected chi connectivity index (χ4v) is 2.93. The third-order valence-corrected chi connectivity index (χ3v) is 4.25. The molecule has 1 heterocycles. The van der Waals surface area contributed by atoms with Gasteiger partial charge in [-0.05, 0) is 36.5 Å². The molecule has 2 nitrogen and oxygen atoms in total. The summed E-state index contributed by atoms with van der Waals surface area (Å²) < 4.78 is 0. The largest absolute Gasteiger partial charge is 0.342 e. The van der Waals surface area contributed by atoms with Crippen LogP contribution in [0.5, 0.6) is 0 Å². The number of hydrogen-bond donors (Lipinski definition) is 1. The molecule has 19 heavy (non-hydrogen) atoms.